The minimum Gasteiger partial charge on any atom is -0.493 e. The first-order chi connectivity index (χ1) is 9.63. The van der Waals surface area contributed by atoms with Gasteiger partial charge in [-0.3, -0.25) is 5.32 Å². The standard InChI is InChI=1S/C15H20N2O3/c1-12(16-11-15(18)9-5-6-10-17-15)20-14-8-4-3-7-13(14)19-2/h3-10,12,16-18H,11H2,1-2H3. The molecule has 1 aliphatic rings. The minimum absolute atomic E-state index is 0.267. The SMILES string of the molecule is COc1ccccc1OC(C)NCC1(O)C=CC=CN1. The fraction of sp³-hybridized carbons (Fsp3) is 0.333. The summed E-state index contributed by atoms with van der Waals surface area (Å²) in [5, 5.41) is 16.2. The van der Waals surface area contributed by atoms with Crippen LogP contribution in [0.2, 0.25) is 0 Å². The summed E-state index contributed by atoms with van der Waals surface area (Å²) in [6.07, 6.45) is 6.74. The monoisotopic (exact) mass is 276 g/mol. The highest BCUT2D eigenvalue weighted by molar-refractivity contribution is 5.39. The van der Waals surface area contributed by atoms with Crippen LogP contribution in [0.25, 0.3) is 0 Å². The Kier molecular flexibility index (Phi) is 4.65. The van der Waals surface area contributed by atoms with Gasteiger partial charge in [-0.25, -0.2) is 0 Å². The lowest BCUT2D eigenvalue weighted by Crippen LogP contribution is -2.52. The molecule has 2 unspecified atom stereocenters. The molecule has 2 atom stereocenters. The maximum atomic E-state index is 10.2. The van der Waals surface area contributed by atoms with Crippen molar-refractivity contribution in [2.45, 2.75) is 18.9 Å². The van der Waals surface area contributed by atoms with Crippen molar-refractivity contribution in [3.8, 4) is 11.5 Å². The summed E-state index contributed by atoms with van der Waals surface area (Å²) in [4.78, 5) is 0. The Labute approximate surface area is 118 Å². The lowest BCUT2D eigenvalue weighted by molar-refractivity contribution is 0.0496. The molecule has 0 fully saturated rings. The zero-order chi connectivity index (χ0) is 14.4. The first-order valence-corrected chi connectivity index (χ1v) is 6.50. The number of ether oxygens (including phenoxy) is 2. The average Bonchev–Trinajstić information content (AvgIpc) is 2.47. The van der Waals surface area contributed by atoms with Crippen LogP contribution in [0.4, 0.5) is 0 Å². The smallest absolute Gasteiger partial charge is 0.167 e. The largest absolute Gasteiger partial charge is 0.493 e. The molecule has 0 aliphatic carbocycles. The molecule has 108 valence electrons. The van der Waals surface area contributed by atoms with Crippen LogP contribution >= 0.6 is 0 Å². The summed E-state index contributed by atoms with van der Waals surface area (Å²) in [6, 6.07) is 7.45. The maximum absolute atomic E-state index is 10.2. The van der Waals surface area contributed by atoms with Gasteiger partial charge in [0.25, 0.3) is 0 Å². The molecule has 2 rings (SSSR count). The third kappa shape index (κ3) is 3.76. The summed E-state index contributed by atoms with van der Waals surface area (Å²) in [7, 11) is 1.60. The summed E-state index contributed by atoms with van der Waals surface area (Å²) < 4.78 is 11.0. The van der Waals surface area contributed by atoms with E-state index in [4.69, 9.17) is 9.47 Å². The molecule has 0 saturated carbocycles. The van der Waals surface area contributed by atoms with Gasteiger partial charge in [0.2, 0.25) is 0 Å². The zero-order valence-electron chi connectivity index (χ0n) is 11.7. The van der Waals surface area contributed by atoms with E-state index < -0.39 is 5.72 Å². The van der Waals surface area contributed by atoms with E-state index in [9.17, 15) is 5.11 Å². The molecule has 0 amide bonds. The number of rotatable bonds is 6. The van der Waals surface area contributed by atoms with E-state index in [2.05, 4.69) is 10.6 Å². The van der Waals surface area contributed by atoms with Crippen LogP contribution in [0.5, 0.6) is 11.5 Å². The van der Waals surface area contributed by atoms with Gasteiger partial charge in [-0.1, -0.05) is 18.2 Å². The predicted octanol–water partition coefficient (Wildman–Crippen LogP) is 1.37. The van der Waals surface area contributed by atoms with E-state index >= 15 is 0 Å². The first kappa shape index (κ1) is 14.4. The van der Waals surface area contributed by atoms with Gasteiger partial charge in [-0.05, 0) is 37.4 Å². The maximum Gasteiger partial charge on any atom is 0.167 e. The van der Waals surface area contributed by atoms with Gasteiger partial charge in [-0.15, -0.1) is 0 Å². The molecule has 1 aliphatic heterocycles. The molecular formula is C15H20N2O3. The van der Waals surface area contributed by atoms with Crippen LogP contribution in [-0.2, 0) is 0 Å². The van der Waals surface area contributed by atoms with E-state index in [0.29, 0.717) is 18.0 Å². The normalized spacial score (nSPS) is 22.1. The van der Waals surface area contributed by atoms with Crippen molar-refractivity contribution in [2.24, 2.45) is 0 Å². The number of aliphatic hydroxyl groups is 1. The third-order valence-electron chi connectivity index (χ3n) is 2.94. The van der Waals surface area contributed by atoms with Crippen LogP contribution < -0.4 is 20.1 Å². The van der Waals surface area contributed by atoms with E-state index in [1.54, 1.807) is 25.5 Å². The molecule has 5 heteroatoms. The Hall–Kier alpha value is -1.98. The second kappa shape index (κ2) is 6.45. The average molecular weight is 276 g/mol. The second-order valence-electron chi connectivity index (χ2n) is 4.58. The number of para-hydroxylation sites is 2. The third-order valence-corrected chi connectivity index (χ3v) is 2.94. The zero-order valence-corrected chi connectivity index (χ0v) is 11.7. The van der Waals surface area contributed by atoms with Gasteiger partial charge >= 0.3 is 0 Å². The Morgan fingerprint density at radius 1 is 1.30 bits per heavy atom. The van der Waals surface area contributed by atoms with Crippen molar-refractivity contribution in [2.75, 3.05) is 13.7 Å². The summed E-state index contributed by atoms with van der Waals surface area (Å²) in [6.45, 7) is 2.20. The predicted molar refractivity (Wildman–Crippen MR) is 77.5 cm³/mol. The minimum atomic E-state index is -1.09. The Bertz CT molecular complexity index is 502. The molecule has 0 aromatic heterocycles. The van der Waals surface area contributed by atoms with Crippen LogP contribution in [-0.4, -0.2) is 30.7 Å². The van der Waals surface area contributed by atoms with Crippen molar-refractivity contribution in [3.05, 3.63) is 48.7 Å². The van der Waals surface area contributed by atoms with E-state index in [-0.39, 0.29) is 6.23 Å². The fourth-order valence-corrected chi connectivity index (χ4v) is 1.87. The Balaban J connectivity index is 1.88. The number of benzene rings is 1. The highest BCUT2D eigenvalue weighted by Crippen LogP contribution is 2.26. The van der Waals surface area contributed by atoms with Gasteiger partial charge in [0.15, 0.2) is 17.2 Å². The lowest BCUT2D eigenvalue weighted by atomic mass is 10.1. The van der Waals surface area contributed by atoms with E-state index in [1.807, 2.05) is 37.3 Å². The molecule has 0 spiro atoms. The quantitative estimate of drug-likeness (QED) is 0.685. The molecule has 1 aromatic carbocycles. The number of allylic oxidation sites excluding steroid dienone is 2. The lowest BCUT2D eigenvalue weighted by Gasteiger charge is -2.29. The first-order valence-electron chi connectivity index (χ1n) is 6.50. The van der Waals surface area contributed by atoms with Crippen molar-refractivity contribution < 1.29 is 14.6 Å². The topological polar surface area (TPSA) is 62.8 Å². The van der Waals surface area contributed by atoms with Crippen molar-refractivity contribution in [1.82, 2.24) is 10.6 Å². The van der Waals surface area contributed by atoms with Crippen molar-refractivity contribution in [3.63, 3.8) is 0 Å². The molecule has 1 heterocycles. The Morgan fingerprint density at radius 2 is 2.05 bits per heavy atom. The number of nitrogens with one attached hydrogen (secondary N) is 2. The second-order valence-corrected chi connectivity index (χ2v) is 4.58. The van der Waals surface area contributed by atoms with E-state index in [1.165, 1.54) is 0 Å². The number of methoxy groups -OCH3 is 1. The van der Waals surface area contributed by atoms with Gasteiger partial charge < -0.3 is 19.9 Å². The molecule has 5 nitrogen and oxygen atoms in total. The summed E-state index contributed by atoms with van der Waals surface area (Å²) >= 11 is 0. The molecule has 20 heavy (non-hydrogen) atoms. The van der Waals surface area contributed by atoms with Crippen molar-refractivity contribution >= 4 is 0 Å². The van der Waals surface area contributed by atoms with E-state index in [0.717, 1.165) is 0 Å². The Morgan fingerprint density at radius 3 is 2.70 bits per heavy atom. The van der Waals surface area contributed by atoms with Crippen LogP contribution in [0.15, 0.2) is 48.7 Å². The van der Waals surface area contributed by atoms with Gasteiger partial charge in [-0.2, -0.15) is 0 Å². The molecular weight excluding hydrogens is 256 g/mol. The molecule has 0 bridgehead atoms. The fourth-order valence-electron chi connectivity index (χ4n) is 1.87. The van der Waals surface area contributed by atoms with Crippen LogP contribution in [0.3, 0.4) is 0 Å². The van der Waals surface area contributed by atoms with Crippen molar-refractivity contribution in [1.29, 1.82) is 0 Å². The highest BCUT2D eigenvalue weighted by Gasteiger charge is 2.23. The summed E-state index contributed by atoms with van der Waals surface area (Å²) in [5.41, 5.74) is -1.09. The molecule has 0 saturated heterocycles. The van der Waals surface area contributed by atoms with Crippen LogP contribution in [0.1, 0.15) is 6.92 Å². The number of dihydropyridines is 1. The number of hydrogen-bond donors (Lipinski definition) is 3. The number of hydrogen-bond acceptors (Lipinski definition) is 5. The summed E-state index contributed by atoms with van der Waals surface area (Å²) in [5.74, 6) is 1.34. The van der Waals surface area contributed by atoms with Crippen LogP contribution in [0, 0.1) is 0 Å². The molecule has 0 radical (unpaired) electrons. The van der Waals surface area contributed by atoms with Gasteiger partial charge in [0, 0.05) is 0 Å². The molecule has 3 N–H and O–H groups in total. The van der Waals surface area contributed by atoms with Gasteiger partial charge in [0.05, 0.1) is 13.7 Å². The van der Waals surface area contributed by atoms with Gasteiger partial charge in [0.1, 0.15) is 6.23 Å². The molecule has 1 aromatic rings. The highest BCUT2D eigenvalue weighted by atomic mass is 16.5.